The number of nitrogens with zero attached hydrogens (tertiary/aromatic N) is 4. The number of nitrogens with one attached hydrogen (secondary N) is 1. The maximum absolute atomic E-state index is 12.9. The molecule has 1 aromatic carbocycles. The summed E-state index contributed by atoms with van der Waals surface area (Å²) in [4.78, 5) is 18.3. The molecule has 1 aliphatic heterocycles. The second-order valence-corrected chi connectivity index (χ2v) is 5.14. The highest BCUT2D eigenvalue weighted by molar-refractivity contribution is 5.91. The number of halogens is 3. The number of amides is 1. The molecule has 2 heterocycles. The number of carbonyl (C=O) groups excluding carboxylic acids is 1. The number of hydrazine groups is 1. The number of hydroxylamine groups is 2. The van der Waals surface area contributed by atoms with Gasteiger partial charge in [-0.1, -0.05) is 12.1 Å². The molecule has 2 aromatic rings. The number of hydrogen-bond acceptors (Lipinski definition) is 7. The molecular weight excluding hydrogens is 341 g/mol. The first kappa shape index (κ1) is 16.9. The van der Waals surface area contributed by atoms with Gasteiger partial charge in [-0.2, -0.15) is 13.2 Å². The average molecular weight is 354 g/mol. The van der Waals surface area contributed by atoms with Crippen molar-refractivity contribution in [2.75, 3.05) is 18.2 Å². The number of nitrogens with two attached hydrogens (primary N) is 1. The quantitative estimate of drug-likeness (QED) is 0.483. The number of anilines is 1. The summed E-state index contributed by atoms with van der Waals surface area (Å²) in [6.45, 7) is 0.395. The Labute approximate surface area is 139 Å². The maximum Gasteiger partial charge on any atom is 0.420 e. The first-order valence-electron chi connectivity index (χ1n) is 7.07. The Kier molecular flexibility index (Phi) is 4.42. The number of carbonyl (C=O) groups is 1. The van der Waals surface area contributed by atoms with Crippen LogP contribution in [0.4, 0.5) is 19.0 Å². The van der Waals surface area contributed by atoms with Crippen LogP contribution >= 0.6 is 0 Å². The highest BCUT2D eigenvalue weighted by Crippen LogP contribution is 2.36. The lowest BCUT2D eigenvalue weighted by Gasteiger charge is -2.41. The van der Waals surface area contributed by atoms with Gasteiger partial charge in [-0.05, 0) is 24.3 Å². The normalized spacial score (nSPS) is 14.8. The Morgan fingerprint density at radius 1 is 1.16 bits per heavy atom. The fourth-order valence-corrected chi connectivity index (χ4v) is 2.15. The number of alkyl halides is 3. The number of rotatable bonds is 4. The van der Waals surface area contributed by atoms with Crippen molar-refractivity contribution in [1.29, 1.82) is 0 Å². The summed E-state index contributed by atoms with van der Waals surface area (Å²) in [5.74, 6) is 4.61. The molecule has 11 heteroatoms. The predicted molar refractivity (Wildman–Crippen MR) is 79.8 cm³/mol. The molecule has 1 amide bonds. The predicted octanol–water partition coefficient (Wildman–Crippen LogP) is 1.13. The van der Waals surface area contributed by atoms with E-state index in [-0.39, 0.29) is 24.8 Å². The maximum atomic E-state index is 12.9. The standard InChI is InChI=1S/C14H13F3N6O2/c15-14(16,17)9-3-1-2-4-11(9)25-23-7-22(8-23)12-6-5-10(20-21-12)13(24)19-18/h1-6H,7-8,18H2,(H,19,24). The van der Waals surface area contributed by atoms with Crippen molar-refractivity contribution in [3.63, 3.8) is 0 Å². The van der Waals surface area contributed by atoms with E-state index in [1.54, 1.807) is 11.0 Å². The summed E-state index contributed by atoms with van der Waals surface area (Å²) in [5.41, 5.74) is 1.15. The molecule has 132 valence electrons. The summed E-state index contributed by atoms with van der Waals surface area (Å²) in [6.07, 6.45) is -4.49. The second-order valence-electron chi connectivity index (χ2n) is 5.14. The van der Waals surface area contributed by atoms with Gasteiger partial charge >= 0.3 is 6.18 Å². The minimum Gasteiger partial charge on any atom is -0.402 e. The lowest BCUT2D eigenvalue weighted by molar-refractivity contribution is -0.149. The summed E-state index contributed by atoms with van der Waals surface area (Å²) >= 11 is 0. The van der Waals surface area contributed by atoms with Crippen molar-refractivity contribution in [1.82, 2.24) is 20.7 Å². The zero-order chi connectivity index (χ0) is 18.0. The van der Waals surface area contributed by atoms with Gasteiger partial charge in [-0.3, -0.25) is 10.2 Å². The summed E-state index contributed by atoms with van der Waals surface area (Å²) in [6, 6.07) is 7.97. The van der Waals surface area contributed by atoms with Crippen molar-refractivity contribution >= 4 is 11.7 Å². The molecule has 0 unspecified atom stereocenters. The Bertz CT molecular complexity index is 762. The number of para-hydroxylation sites is 1. The zero-order valence-corrected chi connectivity index (χ0v) is 12.7. The minimum absolute atomic E-state index is 0.0546. The Morgan fingerprint density at radius 2 is 1.88 bits per heavy atom. The molecule has 1 aromatic heterocycles. The molecule has 0 aliphatic carbocycles. The molecule has 1 saturated heterocycles. The number of benzene rings is 1. The average Bonchev–Trinajstić information content (AvgIpc) is 2.57. The zero-order valence-electron chi connectivity index (χ0n) is 12.7. The first-order chi connectivity index (χ1) is 11.9. The van der Waals surface area contributed by atoms with Gasteiger partial charge in [0.05, 0.1) is 0 Å². The monoisotopic (exact) mass is 354 g/mol. The fourth-order valence-electron chi connectivity index (χ4n) is 2.15. The summed E-state index contributed by atoms with van der Waals surface area (Å²) < 4.78 is 38.8. The molecule has 25 heavy (non-hydrogen) atoms. The van der Waals surface area contributed by atoms with Gasteiger partial charge in [0, 0.05) is 0 Å². The lowest BCUT2D eigenvalue weighted by Crippen LogP contribution is -2.57. The number of aromatic nitrogens is 2. The molecule has 3 rings (SSSR count). The topological polar surface area (TPSA) is 96.6 Å². The molecule has 0 saturated carbocycles. The third-order valence-electron chi connectivity index (χ3n) is 3.41. The lowest BCUT2D eigenvalue weighted by atomic mass is 10.2. The van der Waals surface area contributed by atoms with E-state index in [0.29, 0.717) is 5.82 Å². The van der Waals surface area contributed by atoms with Gasteiger partial charge in [0.2, 0.25) is 0 Å². The van der Waals surface area contributed by atoms with Gasteiger partial charge in [0.15, 0.2) is 17.3 Å². The van der Waals surface area contributed by atoms with Crippen LogP contribution in [0.3, 0.4) is 0 Å². The van der Waals surface area contributed by atoms with E-state index < -0.39 is 17.6 Å². The Balaban J connectivity index is 1.61. The van der Waals surface area contributed by atoms with Crippen LogP contribution in [0.25, 0.3) is 0 Å². The molecule has 0 bridgehead atoms. The largest absolute Gasteiger partial charge is 0.420 e. The van der Waals surface area contributed by atoms with Crippen LogP contribution in [0.2, 0.25) is 0 Å². The van der Waals surface area contributed by atoms with E-state index in [0.717, 1.165) is 6.07 Å². The molecular formula is C14H13F3N6O2. The Morgan fingerprint density at radius 3 is 2.48 bits per heavy atom. The molecule has 1 fully saturated rings. The minimum atomic E-state index is -4.49. The molecule has 1 aliphatic rings. The summed E-state index contributed by atoms with van der Waals surface area (Å²) in [5, 5.41) is 8.92. The third-order valence-corrected chi connectivity index (χ3v) is 3.41. The number of nitrogen functional groups attached to an aromatic ring is 1. The van der Waals surface area contributed by atoms with Crippen molar-refractivity contribution in [2.24, 2.45) is 5.84 Å². The second kappa shape index (κ2) is 6.53. The van der Waals surface area contributed by atoms with Crippen LogP contribution in [0.15, 0.2) is 36.4 Å². The SMILES string of the molecule is NNC(=O)c1ccc(N2CN(Oc3ccccc3C(F)(F)F)C2)nn1. The summed E-state index contributed by atoms with van der Waals surface area (Å²) in [7, 11) is 0. The van der Waals surface area contributed by atoms with Crippen molar-refractivity contribution in [2.45, 2.75) is 6.18 Å². The van der Waals surface area contributed by atoms with Gasteiger partial charge in [0.1, 0.15) is 18.9 Å². The fraction of sp³-hybridized carbons (Fsp3) is 0.214. The van der Waals surface area contributed by atoms with Gasteiger partial charge in [0.25, 0.3) is 5.91 Å². The van der Waals surface area contributed by atoms with E-state index in [1.807, 2.05) is 5.43 Å². The van der Waals surface area contributed by atoms with Crippen LogP contribution in [-0.2, 0) is 6.18 Å². The van der Waals surface area contributed by atoms with E-state index in [1.165, 1.54) is 29.3 Å². The van der Waals surface area contributed by atoms with E-state index in [4.69, 9.17) is 10.7 Å². The third kappa shape index (κ3) is 3.61. The van der Waals surface area contributed by atoms with E-state index in [2.05, 4.69) is 10.2 Å². The van der Waals surface area contributed by atoms with E-state index in [9.17, 15) is 18.0 Å². The van der Waals surface area contributed by atoms with Gasteiger partial charge < -0.3 is 9.74 Å². The van der Waals surface area contributed by atoms with Crippen LogP contribution in [0.1, 0.15) is 16.1 Å². The van der Waals surface area contributed by atoms with Crippen molar-refractivity contribution in [3.05, 3.63) is 47.7 Å². The molecule has 3 N–H and O–H groups in total. The van der Waals surface area contributed by atoms with Gasteiger partial charge in [-0.15, -0.1) is 15.3 Å². The van der Waals surface area contributed by atoms with Crippen LogP contribution < -0.4 is 21.0 Å². The smallest absolute Gasteiger partial charge is 0.402 e. The Hall–Kier alpha value is -2.92. The molecule has 0 radical (unpaired) electrons. The molecule has 8 nitrogen and oxygen atoms in total. The van der Waals surface area contributed by atoms with Crippen LogP contribution in [0.5, 0.6) is 5.75 Å². The number of hydrogen-bond donors (Lipinski definition) is 2. The van der Waals surface area contributed by atoms with Crippen molar-refractivity contribution < 1.29 is 22.8 Å². The van der Waals surface area contributed by atoms with Crippen LogP contribution in [0, 0.1) is 0 Å². The van der Waals surface area contributed by atoms with Crippen molar-refractivity contribution in [3.8, 4) is 5.75 Å². The van der Waals surface area contributed by atoms with Crippen LogP contribution in [-0.4, -0.2) is 34.5 Å². The molecule has 0 atom stereocenters. The van der Waals surface area contributed by atoms with E-state index >= 15 is 0 Å². The van der Waals surface area contributed by atoms with Gasteiger partial charge in [-0.25, -0.2) is 5.84 Å². The first-order valence-corrected chi connectivity index (χ1v) is 7.07. The highest BCUT2D eigenvalue weighted by atomic mass is 19.4. The highest BCUT2D eigenvalue weighted by Gasteiger charge is 2.36. The molecule has 0 spiro atoms.